The fourth-order valence-electron chi connectivity index (χ4n) is 1.85. The van der Waals surface area contributed by atoms with E-state index in [0.29, 0.717) is 6.54 Å². The molecule has 100 valence electrons. The largest absolute Gasteiger partial charge is 0.497 e. The second-order valence-electron chi connectivity index (χ2n) is 4.16. The second kappa shape index (κ2) is 6.00. The Balaban J connectivity index is 2.14. The van der Waals surface area contributed by atoms with Crippen molar-refractivity contribution < 1.29 is 9.47 Å². The molecule has 19 heavy (non-hydrogen) atoms. The van der Waals surface area contributed by atoms with E-state index in [1.54, 1.807) is 14.2 Å². The van der Waals surface area contributed by atoms with Gasteiger partial charge in [-0.3, -0.25) is 0 Å². The van der Waals surface area contributed by atoms with Gasteiger partial charge in [0.05, 0.1) is 19.9 Å². The standard InChI is InChI=1S/C15H18N2O2/c1-18-13-6-7-15(19-2)14(9-13)17-10-11-4-3-5-12(16)8-11/h3-9,17H,10,16H2,1-2H3. The summed E-state index contributed by atoms with van der Waals surface area (Å²) in [5.41, 5.74) is 8.53. The Morgan fingerprint density at radius 3 is 2.58 bits per heavy atom. The van der Waals surface area contributed by atoms with Gasteiger partial charge in [0.25, 0.3) is 0 Å². The molecule has 4 heteroatoms. The average Bonchev–Trinajstić information content (AvgIpc) is 2.45. The van der Waals surface area contributed by atoms with Crippen LogP contribution in [0.2, 0.25) is 0 Å². The maximum Gasteiger partial charge on any atom is 0.142 e. The SMILES string of the molecule is COc1ccc(OC)c(NCc2cccc(N)c2)c1. The third-order valence-electron chi connectivity index (χ3n) is 2.84. The zero-order chi connectivity index (χ0) is 13.7. The van der Waals surface area contributed by atoms with Crippen molar-refractivity contribution in [2.75, 3.05) is 25.3 Å². The third-order valence-corrected chi connectivity index (χ3v) is 2.84. The molecule has 0 unspecified atom stereocenters. The molecule has 0 saturated carbocycles. The van der Waals surface area contributed by atoms with Gasteiger partial charge in [-0.1, -0.05) is 12.1 Å². The summed E-state index contributed by atoms with van der Waals surface area (Å²) in [7, 11) is 3.29. The first-order chi connectivity index (χ1) is 9.22. The molecule has 0 aliphatic carbocycles. The summed E-state index contributed by atoms with van der Waals surface area (Å²) in [6.07, 6.45) is 0. The molecule has 0 amide bonds. The van der Waals surface area contributed by atoms with Gasteiger partial charge >= 0.3 is 0 Å². The van der Waals surface area contributed by atoms with Crippen LogP contribution in [0.5, 0.6) is 11.5 Å². The smallest absolute Gasteiger partial charge is 0.142 e. The highest BCUT2D eigenvalue weighted by Crippen LogP contribution is 2.29. The normalized spacial score (nSPS) is 10.0. The first-order valence-corrected chi connectivity index (χ1v) is 6.03. The lowest BCUT2D eigenvalue weighted by atomic mass is 10.2. The monoisotopic (exact) mass is 258 g/mol. The Morgan fingerprint density at radius 2 is 1.89 bits per heavy atom. The van der Waals surface area contributed by atoms with E-state index >= 15 is 0 Å². The molecule has 2 aromatic rings. The maximum atomic E-state index is 5.76. The van der Waals surface area contributed by atoms with Crippen molar-refractivity contribution in [3.05, 3.63) is 48.0 Å². The number of nitrogens with two attached hydrogens (primary N) is 1. The van der Waals surface area contributed by atoms with Crippen molar-refractivity contribution in [3.8, 4) is 11.5 Å². The predicted octanol–water partition coefficient (Wildman–Crippen LogP) is 2.90. The first-order valence-electron chi connectivity index (χ1n) is 6.03. The van der Waals surface area contributed by atoms with E-state index in [2.05, 4.69) is 5.32 Å². The van der Waals surface area contributed by atoms with Crippen molar-refractivity contribution in [1.82, 2.24) is 0 Å². The Kier molecular flexibility index (Phi) is 4.13. The molecule has 0 atom stereocenters. The minimum absolute atomic E-state index is 0.675. The van der Waals surface area contributed by atoms with Gasteiger partial charge in [0.2, 0.25) is 0 Å². The number of hydrogen-bond acceptors (Lipinski definition) is 4. The zero-order valence-electron chi connectivity index (χ0n) is 11.1. The van der Waals surface area contributed by atoms with Crippen LogP contribution in [-0.2, 0) is 6.54 Å². The molecule has 0 spiro atoms. The molecule has 0 heterocycles. The van der Waals surface area contributed by atoms with E-state index < -0.39 is 0 Å². The van der Waals surface area contributed by atoms with Gasteiger partial charge in [0, 0.05) is 18.3 Å². The van der Waals surface area contributed by atoms with E-state index in [1.165, 1.54) is 0 Å². The van der Waals surface area contributed by atoms with E-state index in [9.17, 15) is 0 Å². The quantitative estimate of drug-likeness (QED) is 0.810. The number of hydrogen-bond donors (Lipinski definition) is 2. The molecule has 3 N–H and O–H groups in total. The van der Waals surface area contributed by atoms with E-state index in [1.807, 2.05) is 42.5 Å². The van der Waals surface area contributed by atoms with Crippen molar-refractivity contribution in [3.63, 3.8) is 0 Å². The van der Waals surface area contributed by atoms with Crippen LogP contribution in [0.4, 0.5) is 11.4 Å². The van der Waals surface area contributed by atoms with Crippen LogP contribution in [-0.4, -0.2) is 14.2 Å². The minimum Gasteiger partial charge on any atom is -0.497 e. The molecule has 2 rings (SSSR count). The van der Waals surface area contributed by atoms with Crippen molar-refractivity contribution in [1.29, 1.82) is 0 Å². The Morgan fingerprint density at radius 1 is 1.05 bits per heavy atom. The van der Waals surface area contributed by atoms with Gasteiger partial charge in [0.1, 0.15) is 11.5 Å². The van der Waals surface area contributed by atoms with Gasteiger partial charge in [-0.2, -0.15) is 0 Å². The van der Waals surface area contributed by atoms with E-state index in [0.717, 1.165) is 28.4 Å². The van der Waals surface area contributed by atoms with Crippen molar-refractivity contribution in [2.24, 2.45) is 0 Å². The average molecular weight is 258 g/mol. The molecule has 0 fully saturated rings. The predicted molar refractivity (Wildman–Crippen MR) is 77.7 cm³/mol. The zero-order valence-corrected chi connectivity index (χ0v) is 11.1. The molecule has 0 aliphatic rings. The van der Waals surface area contributed by atoms with Gasteiger partial charge in [-0.25, -0.2) is 0 Å². The fraction of sp³-hybridized carbons (Fsp3) is 0.200. The Labute approximate surface area is 113 Å². The van der Waals surface area contributed by atoms with Crippen LogP contribution >= 0.6 is 0 Å². The van der Waals surface area contributed by atoms with Gasteiger partial charge in [-0.15, -0.1) is 0 Å². The van der Waals surface area contributed by atoms with Crippen LogP contribution in [0.25, 0.3) is 0 Å². The first kappa shape index (κ1) is 13.1. The Bertz CT molecular complexity index is 556. The lowest BCUT2D eigenvalue weighted by Gasteiger charge is -2.12. The van der Waals surface area contributed by atoms with Crippen LogP contribution < -0.4 is 20.5 Å². The Hall–Kier alpha value is -2.36. The molecular weight excluding hydrogens is 240 g/mol. The maximum absolute atomic E-state index is 5.76. The third kappa shape index (κ3) is 3.31. The number of methoxy groups -OCH3 is 2. The topological polar surface area (TPSA) is 56.5 Å². The van der Waals surface area contributed by atoms with Crippen LogP contribution in [0, 0.1) is 0 Å². The molecule has 0 radical (unpaired) electrons. The van der Waals surface area contributed by atoms with Crippen LogP contribution in [0.3, 0.4) is 0 Å². The summed E-state index contributed by atoms with van der Waals surface area (Å²) in [6.45, 7) is 0.675. The van der Waals surface area contributed by atoms with Crippen molar-refractivity contribution >= 4 is 11.4 Å². The number of ether oxygens (including phenoxy) is 2. The summed E-state index contributed by atoms with van der Waals surface area (Å²) in [6, 6.07) is 13.4. The molecule has 0 saturated heterocycles. The van der Waals surface area contributed by atoms with Crippen LogP contribution in [0.15, 0.2) is 42.5 Å². The molecule has 0 bridgehead atoms. The van der Waals surface area contributed by atoms with Crippen molar-refractivity contribution in [2.45, 2.75) is 6.54 Å². The van der Waals surface area contributed by atoms with Gasteiger partial charge < -0.3 is 20.5 Å². The molecule has 2 aromatic carbocycles. The highest BCUT2D eigenvalue weighted by molar-refractivity contribution is 5.60. The summed E-state index contributed by atoms with van der Waals surface area (Å²) in [5.74, 6) is 1.57. The van der Waals surface area contributed by atoms with E-state index in [-0.39, 0.29) is 0 Å². The molecule has 0 aliphatic heterocycles. The van der Waals surface area contributed by atoms with Crippen LogP contribution in [0.1, 0.15) is 5.56 Å². The lowest BCUT2D eigenvalue weighted by molar-refractivity contribution is 0.404. The number of anilines is 2. The number of benzene rings is 2. The molecule has 4 nitrogen and oxygen atoms in total. The highest BCUT2D eigenvalue weighted by Gasteiger charge is 2.04. The lowest BCUT2D eigenvalue weighted by Crippen LogP contribution is -2.02. The second-order valence-corrected chi connectivity index (χ2v) is 4.16. The summed E-state index contributed by atoms with van der Waals surface area (Å²) >= 11 is 0. The van der Waals surface area contributed by atoms with E-state index in [4.69, 9.17) is 15.2 Å². The summed E-state index contributed by atoms with van der Waals surface area (Å²) < 4.78 is 10.5. The molecule has 0 aromatic heterocycles. The number of rotatable bonds is 5. The highest BCUT2D eigenvalue weighted by atomic mass is 16.5. The minimum atomic E-state index is 0.675. The number of nitrogen functional groups attached to an aromatic ring is 1. The van der Waals surface area contributed by atoms with Gasteiger partial charge in [0.15, 0.2) is 0 Å². The summed E-state index contributed by atoms with van der Waals surface area (Å²) in [4.78, 5) is 0. The number of nitrogens with one attached hydrogen (secondary N) is 1. The fourth-order valence-corrected chi connectivity index (χ4v) is 1.85. The van der Waals surface area contributed by atoms with Gasteiger partial charge in [-0.05, 0) is 29.8 Å². The molecular formula is C15H18N2O2. The summed E-state index contributed by atoms with van der Waals surface area (Å²) in [5, 5.41) is 3.32.